The van der Waals surface area contributed by atoms with Crippen LogP contribution in [0.2, 0.25) is 19.6 Å². The monoisotopic (exact) mass is 228 g/mol. The summed E-state index contributed by atoms with van der Waals surface area (Å²) in [4.78, 5) is 22.1. The minimum atomic E-state index is -1.89. The first-order chi connectivity index (χ1) is 6.85. The lowest BCUT2D eigenvalue weighted by Gasteiger charge is -2.15. The Labute approximate surface area is 90.7 Å². The first-order valence-electron chi connectivity index (χ1n) is 4.54. The Bertz CT molecular complexity index is 276. The lowest BCUT2D eigenvalue weighted by atomic mass is 10.5. The van der Waals surface area contributed by atoms with E-state index in [0.717, 1.165) is 12.2 Å². The van der Waals surface area contributed by atoms with Crippen LogP contribution in [0.15, 0.2) is 24.8 Å². The van der Waals surface area contributed by atoms with E-state index in [2.05, 4.69) is 11.3 Å². The molecule has 4 nitrogen and oxygen atoms in total. The molecule has 0 rings (SSSR count). The molecule has 0 unspecified atom stereocenters. The zero-order valence-electron chi connectivity index (χ0n) is 9.28. The van der Waals surface area contributed by atoms with Crippen LogP contribution in [0.3, 0.4) is 0 Å². The van der Waals surface area contributed by atoms with Gasteiger partial charge in [0.2, 0.25) is 8.32 Å². The molecule has 0 atom stereocenters. The molecule has 0 aromatic carbocycles. The van der Waals surface area contributed by atoms with Gasteiger partial charge in [-0.2, -0.15) is 0 Å². The number of rotatable bonds is 5. The minimum Gasteiger partial charge on any atom is -0.517 e. The summed E-state index contributed by atoms with van der Waals surface area (Å²) in [5.41, 5.74) is 0. The predicted octanol–water partition coefficient (Wildman–Crippen LogP) is 1.65. The van der Waals surface area contributed by atoms with Gasteiger partial charge in [0.1, 0.15) is 6.61 Å². The van der Waals surface area contributed by atoms with Crippen molar-refractivity contribution in [3.8, 4) is 0 Å². The van der Waals surface area contributed by atoms with E-state index in [1.807, 2.05) is 19.6 Å². The van der Waals surface area contributed by atoms with E-state index in [1.54, 1.807) is 0 Å². The summed E-state index contributed by atoms with van der Waals surface area (Å²) >= 11 is 0. The highest BCUT2D eigenvalue weighted by atomic mass is 28.4. The third-order valence-corrected chi connectivity index (χ3v) is 1.92. The van der Waals surface area contributed by atoms with Crippen molar-refractivity contribution in [1.82, 2.24) is 0 Å². The molecule has 0 N–H and O–H groups in total. The average Bonchev–Trinajstić information content (AvgIpc) is 2.08. The number of esters is 1. The number of hydrogen-bond acceptors (Lipinski definition) is 4. The maximum atomic E-state index is 11.1. The fraction of sp³-hybridized carbons (Fsp3) is 0.400. The molecule has 0 saturated heterocycles. The maximum absolute atomic E-state index is 11.1. The zero-order chi connectivity index (χ0) is 11.9. The molecule has 0 bridgehead atoms. The number of ether oxygens (including phenoxy) is 1. The molecule has 0 amide bonds. The third kappa shape index (κ3) is 8.95. The third-order valence-electron chi connectivity index (χ3n) is 1.11. The van der Waals surface area contributed by atoms with Gasteiger partial charge in [-0.3, -0.25) is 0 Å². The van der Waals surface area contributed by atoms with Gasteiger partial charge >= 0.3 is 11.9 Å². The van der Waals surface area contributed by atoms with E-state index in [-0.39, 0.29) is 6.61 Å². The van der Waals surface area contributed by atoms with Gasteiger partial charge in [-0.15, -0.1) is 0 Å². The molecule has 0 aromatic rings. The molecule has 0 aliphatic heterocycles. The van der Waals surface area contributed by atoms with E-state index < -0.39 is 20.3 Å². The van der Waals surface area contributed by atoms with Crippen molar-refractivity contribution < 1.29 is 18.8 Å². The molecule has 0 aliphatic carbocycles. The fourth-order valence-electron chi connectivity index (χ4n) is 0.661. The first kappa shape index (κ1) is 13.6. The molecule has 84 valence electrons. The van der Waals surface area contributed by atoms with Gasteiger partial charge in [-0.1, -0.05) is 12.7 Å². The summed E-state index contributed by atoms with van der Waals surface area (Å²) in [6, 6.07) is 0. The summed E-state index contributed by atoms with van der Waals surface area (Å²) in [5.74, 6) is -1.09. The van der Waals surface area contributed by atoms with Crippen LogP contribution in [0, 0.1) is 0 Å². The summed E-state index contributed by atoms with van der Waals surface area (Å²) in [6.45, 7) is 9.17. The molecule has 0 aliphatic rings. The predicted molar refractivity (Wildman–Crippen MR) is 59.7 cm³/mol. The van der Waals surface area contributed by atoms with Crippen molar-refractivity contribution in [1.29, 1.82) is 0 Å². The van der Waals surface area contributed by atoms with Crippen molar-refractivity contribution in [2.24, 2.45) is 0 Å². The molecule has 0 spiro atoms. The summed E-state index contributed by atoms with van der Waals surface area (Å²) in [5, 5.41) is 0. The Morgan fingerprint density at radius 3 is 2.20 bits per heavy atom. The van der Waals surface area contributed by atoms with Crippen LogP contribution in [0.4, 0.5) is 0 Å². The van der Waals surface area contributed by atoms with E-state index in [4.69, 9.17) is 4.43 Å². The summed E-state index contributed by atoms with van der Waals surface area (Å²) in [7, 11) is -1.89. The molecular weight excluding hydrogens is 212 g/mol. The lowest BCUT2D eigenvalue weighted by Crippen LogP contribution is -2.28. The highest BCUT2D eigenvalue weighted by Crippen LogP contribution is 2.03. The molecule has 15 heavy (non-hydrogen) atoms. The van der Waals surface area contributed by atoms with Crippen LogP contribution in [0.5, 0.6) is 0 Å². The van der Waals surface area contributed by atoms with Gasteiger partial charge < -0.3 is 9.16 Å². The Hall–Kier alpha value is -1.36. The smallest absolute Gasteiger partial charge is 0.331 e. The second-order valence-electron chi connectivity index (χ2n) is 3.79. The van der Waals surface area contributed by atoms with Crippen LogP contribution in [-0.4, -0.2) is 26.9 Å². The normalized spacial score (nSPS) is 11.1. The molecule has 5 heteroatoms. The van der Waals surface area contributed by atoms with Gasteiger partial charge in [0.05, 0.1) is 0 Å². The van der Waals surface area contributed by atoms with Crippen LogP contribution in [0.1, 0.15) is 0 Å². The molecule has 0 heterocycles. The van der Waals surface area contributed by atoms with Gasteiger partial charge in [0.15, 0.2) is 0 Å². The summed E-state index contributed by atoms with van der Waals surface area (Å²) in [6.07, 6.45) is 3.57. The maximum Gasteiger partial charge on any atom is 0.331 e. The molecule has 0 radical (unpaired) electrons. The zero-order valence-corrected chi connectivity index (χ0v) is 10.3. The fourth-order valence-corrected chi connectivity index (χ4v) is 1.33. The second-order valence-corrected chi connectivity index (χ2v) is 8.21. The Morgan fingerprint density at radius 2 is 1.73 bits per heavy atom. The molecular formula is C10H16O4Si. The minimum absolute atomic E-state index is 0.131. The molecule has 0 fully saturated rings. The average molecular weight is 228 g/mol. The lowest BCUT2D eigenvalue weighted by molar-refractivity contribution is -0.137. The van der Waals surface area contributed by atoms with Gasteiger partial charge in [0.25, 0.3) is 0 Å². The summed E-state index contributed by atoms with van der Waals surface area (Å²) < 4.78 is 9.71. The standard InChI is InChI=1S/C10H16O4Si/c1-5-8-13-9(11)6-7-10(12)14-15(2,3)4/h5-7H,1,8H2,2-4H3. The van der Waals surface area contributed by atoms with Crippen molar-refractivity contribution in [2.75, 3.05) is 6.61 Å². The largest absolute Gasteiger partial charge is 0.517 e. The van der Waals surface area contributed by atoms with E-state index in [1.165, 1.54) is 6.08 Å². The molecule has 0 aromatic heterocycles. The van der Waals surface area contributed by atoms with Crippen LogP contribution >= 0.6 is 0 Å². The van der Waals surface area contributed by atoms with Gasteiger partial charge in [-0.05, 0) is 19.6 Å². The van der Waals surface area contributed by atoms with E-state index in [9.17, 15) is 9.59 Å². The SMILES string of the molecule is C=CCOC(=O)C=CC(=O)O[Si](C)(C)C. The Morgan fingerprint density at radius 1 is 1.20 bits per heavy atom. The highest BCUT2D eigenvalue weighted by Gasteiger charge is 2.18. The van der Waals surface area contributed by atoms with Gasteiger partial charge in [-0.25, -0.2) is 9.59 Å². The van der Waals surface area contributed by atoms with Crippen molar-refractivity contribution in [3.05, 3.63) is 24.8 Å². The number of hydrogen-bond donors (Lipinski definition) is 0. The van der Waals surface area contributed by atoms with Crippen molar-refractivity contribution in [3.63, 3.8) is 0 Å². The quantitative estimate of drug-likeness (QED) is 0.311. The number of carbonyl (C=O) groups excluding carboxylic acids is 2. The Kier molecular flexibility index (Phi) is 5.62. The van der Waals surface area contributed by atoms with Gasteiger partial charge in [0, 0.05) is 12.2 Å². The van der Waals surface area contributed by atoms with E-state index >= 15 is 0 Å². The number of carbonyl (C=O) groups is 2. The molecule has 0 saturated carbocycles. The second kappa shape index (κ2) is 6.18. The van der Waals surface area contributed by atoms with Crippen molar-refractivity contribution >= 4 is 20.3 Å². The van der Waals surface area contributed by atoms with E-state index in [0.29, 0.717) is 0 Å². The van der Waals surface area contributed by atoms with Crippen LogP contribution in [0.25, 0.3) is 0 Å². The highest BCUT2D eigenvalue weighted by molar-refractivity contribution is 6.71. The van der Waals surface area contributed by atoms with Crippen LogP contribution < -0.4 is 0 Å². The van der Waals surface area contributed by atoms with Crippen LogP contribution in [-0.2, 0) is 18.8 Å². The topological polar surface area (TPSA) is 52.6 Å². The Balaban J connectivity index is 4.00. The van der Waals surface area contributed by atoms with Crippen molar-refractivity contribution in [2.45, 2.75) is 19.6 Å². The first-order valence-corrected chi connectivity index (χ1v) is 7.94.